The first-order chi connectivity index (χ1) is 4.59. The highest BCUT2D eigenvalue weighted by atomic mass is 16.1. The van der Waals surface area contributed by atoms with Crippen LogP contribution in [0.3, 0.4) is 0 Å². The van der Waals surface area contributed by atoms with Crippen molar-refractivity contribution in [1.82, 2.24) is 0 Å². The molecule has 0 aliphatic rings. The molecule has 0 fully saturated rings. The van der Waals surface area contributed by atoms with E-state index in [1.54, 1.807) is 0 Å². The lowest BCUT2D eigenvalue weighted by Crippen LogP contribution is -2.35. The van der Waals surface area contributed by atoms with Gasteiger partial charge in [-0.2, -0.15) is 0 Å². The number of Topliss-reactive ketones (excluding diaryl/α,β-unsaturated/α-hetero) is 1. The highest BCUT2D eigenvalue weighted by Gasteiger charge is 2.15. The van der Waals surface area contributed by atoms with Crippen LogP contribution in [0.15, 0.2) is 0 Å². The number of rotatable bonds is 4. The van der Waals surface area contributed by atoms with Crippen LogP contribution in [0.25, 0.3) is 0 Å². The fourth-order valence-electron chi connectivity index (χ4n) is 0.713. The largest absolute Gasteiger partial charge is 0.321 e. The molecule has 0 bridgehead atoms. The van der Waals surface area contributed by atoms with Gasteiger partial charge in [0.05, 0.1) is 6.04 Å². The van der Waals surface area contributed by atoms with Crippen LogP contribution in [0, 0.1) is 12.8 Å². The summed E-state index contributed by atoms with van der Waals surface area (Å²) in [5.41, 5.74) is 5.57. The summed E-state index contributed by atoms with van der Waals surface area (Å²) >= 11 is 0. The van der Waals surface area contributed by atoms with E-state index in [4.69, 9.17) is 5.73 Å². The maximum atomic E-state index is 11.0. The van der Waals surface area contributed by atoms with Crippen molar-refractivity contribution in [2.24, 2.45) is 11.7 Å². The Morgan fingerprint density at radius 3 is 2.40 bits per heavy atom. The fraction of sp³-hybridized carbons (Fsp3) is 0.750. The monoisotopic (exact) mass is 142 g/mol. The van der Waals surface area contributed by atoms with Crippen LogP contribution in [0.1, 0.15) is 26.7 Å². The van der Waals surface area contributed by atoms with Gasteiger partial charge in [-0.25, -0.2) is 0 Å². The van der Waals surface area contributed by atoms with E-state index in [-0.39, 0.29) is 17.7 Å². The maximum Gasteiger partial charge on any atom is 0.149 e. The van der Waals surface area contributed by atoms with Crippen molar-refractivity contribution >= 4 is 5.78 Å². The molecule has 2 nitrogen and oxygen atoms in total. The topological polar surface area (TPSA) is 43.1 Å². The fourth-order valence-corrected chi connectivity index (χ4v) is 0.713. The highest BCUT2D eigenvalue weighted by Crippen LogP contribution is 2.02. The lowest BCUT2D eigenvalue weighted by molar-refractivity contribution is -0.121. The van der Waals surface area contributed by atoms with Gasteiger partial charge < -0.3 is 5.73 Å². The van der Waals surface area contributed by atoms with Crippen LogP contribution in [0.4, 0.5) is 0 Å². The summed E-state index contributed by atoms with van der Waals surface area (Å²) in [6, 6.07) is -0.290. The Bertz CT molecular complexity index is 110. The molecule has 1 radical (unpaired) electrons. The zero-order valence-corrected chi connectivity index (χ0v) is 6.76. The van der Waals surface area contributed by atoms with E-state index in [1.807, 2.05) is 13.8 Å². The lowest BCUT2D eigenvalue weighted by atomic mass is 9.98. The molecule has 0 aromatic rings. The van der Waals surface area contributed by atoms with Crippen LogP contribution in [-0.4, -0.2) is 11.8 Å². The van der Waals surface area contributed by atoms with E-state index in [0.717, 1.165) is 0 Å². The van der Waals surface area contributed by atoms with Gasteiger partial charge in [0.1, 0.15) is 5.78 Å². The molecule has 1 atom stereocenters. The molecular formula is C8H16NO. The Kier molecular flexibility index (Phi) is 4.28. The zero-order valence-electron chi connectivity index (χ0n) is 6.76. The smallest absolute Gasteiger partial charge is 0.149 e. The molecular weight excluding hydrogens is 126 g/mol. The molecule has 2 N–H and O–H groups in total. The van der Waals surface area contributed by atoms with Crippen LogP contribution >= 0.6 is 0 Å². The number of carbonyl (C=O) groups is 1. The van der Waals surface area contributed by atoms with Crippen LogP contribution in [0.2, 0.25) is 0 Å². The summed E-state index contributed by atoms with van der Waals surface area (Å²) in [6.07, 6.45) is 1.17. The van der Waals surface area contributed by atoms with Crippen molar-refractivity contribution < 1.29 is 4.79 Å². The van der Waals surface area contributed by atoms with Gasteiger partial charge in [-0.1, -0.05) is 20.8 Å². The molecule has 59 valence electrons. The third-order valence-corrected chi connectivity index (χ3v) is 1.51. The minimum Gasteiger partial charge on any atom is -0.321 e. The number of ketones is 1. The Morgan fingerprint density at radius 1 is 1.60 bits per heavy atom. The van der Waals surface area contributed by atoms with E-state index < -0.39 is 0 Å². The number of hydrogen-bond donors (Lipinski definition) is 1. The molecule has 2 heteroatoms. The zero-order chi connectivity index (χ0) is 8.15. The molecule has 10 heavy (non-hydrogen) atoms. The first kappa shape index (κ1) is 9.63. The van der Waals surface area contributed by atoms with E-state index in [9.17, 15) is 4.79 Å². The van der Waals surface area contributed by atoms with Crippen molar-refractivity contribution in [3.63, 3.8) is 0 Å². The summed E-state index contributed by atoms with van der Waals surface area (Å²) in [7, 11) is 0. The molecule has 0 aliphatic carbocycles. The first-order valence-corrected chi connectivity index (χ1v) is 3.67. The summed E-state index contributed by atoms with van der Waals surface area (Å²) < 4.78 is 0. The molecule has 0 heterocycles. The van der Waals surface area contributed by atoms with Crippen LogP contribution in [0.5, 0.6) is 0 Å². The van der Waals surface area contributed by atoms with E-state index in [0.29, 0.717) is 12.8 Å². The predicted molar refractivity (Wildman–Crippen MR) is 42.4 cm³/mol. The Morgan fingerprint density at radius 2 is 2.10 bits per heavy atom. The van der Waals surface area contributed by atoms with Crippen molar-refractivity contribution in [1.29, 1.82) is 0 Å². The summed E-state index contributed by atoms with van der Waals surface area (Å²) in [5, 5.41) is 0. The highest BCUT2D eigenvalue weighted by molar-refractivity contribution is 5.83. The summed E-state index contributed by atoms with van der Waals surface area (Å²) in [6.45, 7) is 7.49. The lowest BCUT2D eigenvalue weighted by Gasteiger charge is -2.12. The van der Waals surface area contributed by atoms with E-state index in [2.05, 4.69) is 6.92 Å². The molecule has 0 aromatic heterocycles. The quantitative estimate of drug-likeness (QED) is 0.640. The van der Waals surface area contributed by atoms with E-state index >= 15 is 0 Å². The average Bonchev–Trinajstić information content (AvgIpc) is 1.87. The van der Waals surface area contributed by atoms with Gasteiger partial charge in [0.15, 0.2) is 0 Å². The second-order valence-electron chi connectivity index (χ2n) is 2.84. The predicted octanol–water partition coefficient (Wildman–Crippen LogP) is 1.15. The standard InChI is InChI=1S/C8H16NO/c1-4-5-7(10)8(9)6(2)3/h6,8H,1,4-5,9H2,2-3H3/t8-/m0/s1. The van der Waals surface area contributed by atoms with Crippen molar-refractivity contribution in [2.75, 3.05) is 0 Å². The van der Waals surface area contributed by atoms with Gasteiger partial charge in [-0.3, -0.25) is 4.79 Å². The summed E-state index contributed by atoms with van der Waals surface area (Å²) in [5.74, 6) is 0.379. The molecule has 0 amide bonds. The van der Waals surface area contributed by atoms with Crippen LogP contribution in [-0.2, 0) is 4.79 Å². The van der Waals surface area contributed by atoms with Gasteiger partial charge in [-0.15, -0.1) is 0 Å². The molecule has 0 aromatic carbocycles. The van der Waals surface area contributed by atoms with Gasteiger partial charge >= 0.3 is 0 Å². The number of carbonyl (C=O) groups excluding carboxylic acids is 1. The minimum absolute atomic E-state index is 0.130. The van der Waals surface area contributed by atoms with Crippen molar-refractivity contribution in [3.8, 4) is 0 Å². The van der Waals surface area contributed by atoms with Gasteiger partial charge in [0.25, 0.3) is 0 Å². The van der Waals surface area contributed by atoms with Crippen molar-refractivity contribution in [3.05, 3.63) is 6.92 Å². The van der Waals surface area contributed by atoms with Crippen molar-refractivity contribution in [2.45, 2.75) is 32.7 Å². The maximum absolute atomic E-state index is 11.0. The van der Waals surface area contributed by atoms with Gasteiger partial charge in [0, 0.05) is 6.42 Å². The molecule has 0 aliphatic heterocycles. The Balaban J connectivity index is 3.71. The SMILES string of the molecule is [CH2]CCC(=O)[C@@H](N)C(C)C. The van der Waals surface area contributed by atoms with Gasteiger partial charge in [0.2, 0.25) is 0 Å². The third-order valence-electron chi connectivity index (χ3n) is 1.51. The Labute approximate surface area is 62.8 Å². The second-order valence-corrected chi connectivity index (χ2v) is 2.84. The average molecular weight is 142 g/mol. The minimum atomic E-state index is -0.290. The van der Waals surface area contributed by atoms with Crippen LogP contribution < -0.4 is 5.73 Å². The molecule has 0 spiro atoms. The Hall–Kier alpha value is -0.370. The molecule has 0 unspecified atom stereocenters. The summed E-state index contributed by atoms with van der Waals surface area (Å²) in [4.78, 5) is 11.0. The molecule has 0 saturated carbocycles. The van der Waals surface area contributed by atoms with Gasteiger partial charge in [-0.05, 0) is 12.3 Å². The third kappa shape index (κ3) is 2.97. The number of nitrogens with two attached hydrogens (primary N) is 1. The van der Waals surface area contributed by atoms with E-state index in [1.165, 1.54) is 0 Å². The molecule has 0 saturated heterocycles. The molecule has 0 rings (SSSR count). The second kappa shape index (κ2) is 4.45. The number of hydrogen-bond acceptors (Lipinski definition) is 2. The first-order valence-electron chi connectivity index (χ1n) is 3.67. The normalized spacial score (nSPS) is 13.7.